The van der Waals surface area contributed by atoms with Gasteiger partial charge in [0.15, 0.2) is 0 Å². The standard InChI is InChI=1S/C15H31N/c1-13(2,3)12-15(7)8-10-16(11-9-15)14(4,5)6/h8-12H2,1-7H3. The molecule has 0 radical (unpaired) electrons. The van der Waals surface area contributed by atoms with Crippen LogP contribution in [0.4, 0.5) is 0 Å². The first-order valence-electron chi connectivity index (χ1n) is 6.77. The van der Waals surface area contributed by atoms with Crippen LogP contribution in [0.3, 0.4) is 0 Å². The van der Waals surface area contributed by atoms with Crippen molar-refractivity contribution in [1.82, 2.24) is 4.90 Å². The van der Waals surface area contributed by atoms with Gasteiger partial charge in [-0.1, -0.05) is 27.7 Å². The van der Waals surface area contributed by atoms with Crippen molar-refractivity contribution in [3.63, 3.8) is 0 Å². The Labute approximate surface area is 103 Å². The maximum atomic E-state index is 2.64. The summed E-state index contributed by atoms with van der Waals surface area (Å²) in [6, 6.07) is 0. The summed E-state index contributed by atoms with van der Waals surface area (Å²) >= 11 is 0. The molecule has 96 valence electrons. The Hall–Kier alpha value is -0.0400. The van der Waals surface area contributed by atoms with E-state index in [1.54, 1.807) is 0 Å². The lowest BCUT2D eigenvalue weighted by Crippen LogP contribution is -2.48. The van der Waals surface area contributed by atoms with Crippen LogP contribution in [0.5, 0.6) is 0 Å². The van der Waals surface area contributed by atoms with Crippen LogP contribution in [-0.4, -0.2) is 23.5 Å². The molecule has 0 bridgehead atoms. The Morgan fingerprint density at radius 1 is 0.938 bits per heavy atom. The topological polar surface area (TPSA) is 3.24 Å². The van der Waals surface area contributed by atoms with Gasteiger partial charge in [0, 0.05) is 5.54 Å². The van der Waals surface area contributed by atoms with Crippen molar-refractivity contribution >= 4 is 0 Å². The number of likely N-dealkylation sites (tertiary alicyclic amines) is 1. The Bertz CT molecular complexity index is 221. The maximum Gasteiger partial charge on any atom is 0.0125 e. The summed E-state index contributed by atoms with van der Waals surface area (Å²) in [7, 11) is 0. The van der Waals surface area contributed by atoms with Crippen molar-refractivity contribution < 1.29 is 0 Å². The highest BCUT2D eigenvalue weighted by Gasteiger charge is 2.36. The molecule has 16 heavy (non-hydrogen) atoms. The van der Waals surface area contributed by atoms with Gasteiger partial charge in [-0.25, -0.2) is 0 Å². The van der Waals surface area contributed by atoms with E-state index in [0.717, 1.165) is 0 Å². The van der Waals surface area contributed by atoms with Gasteiger partial charge in [0.2, 0.25) is 0 Å². The van der Waals surface area contributed by atoms with E-state index in [-0.39, 0.29) is 0 Å². The molecular weight excluding hydrogens is 194 g/mol. The highest BCUT2D eigenvalue weighted by atomic mass is 15.2. The summed E-state index contributed by atoms with van der Waals surface area (Å²) in [5.74, 6) is 0. The molecule has 1 rings (SSSR count). The van der Waals surface area contributed by atoms with Crippen LogP contribution in [0.2, 0.25) is 0 Å². The van der Waals surface area contributed by atoms with Crippen LogP contribution in [-0.2, 0) is 0 Å². The molecule has 0 N–H and O–H groups in total. The molecule has 1 heteroatoms. The van der Waals surface area contributed by atoms with Crippen LogP contribution < -0.4 is 0 Å². The lowest BCUT2D eigenvalue weighted by atomic mass is 9.69. The van der Waals surface area contributed by atoms with Crippen LogP contribution >= 0.6 is 0 Å². The molecule has 1 aliphatic rings. The van der Waals surface area contributed by atoms with Crippen molar-refractivity contribution in [2.45, 2.75) is 73.3 Å². The molecule has 0 unspecified atom stereocenters. The average molecular weight is 225 g/mol. The fourth-order valence-corrected chi connectivity index (χ4v) is 3.17. The number of hydrogen-bond acceptors (Lipinski definition) is 1. The van der Waals surface area contributed by atoms with E-state index in [9.17, 15) is 0 Å². The van der Waals surface area contributed by atoms with E-state index in [1.165, 1.54) is 32.4 Å². The minimum Gasteiger partial charge on any atom is -0.298 e. The van der Waals surface area contributed by atoms with E-state index < -0.39 is 0 Å². The van der Waals surface area contributed by atoms with Crippen LogP contribution in [0.15, 0.2) is 0 Å². The predicted molar refractivity (Wildman–Crippen MR) is 72.7 cm³/mol. The van der Waals surface area contributed by atoms with Crippen molar-refractivity contribution in [2.75, 3.05) is 13.1 Å². The normalized spacial score (nSPS) is 23.4. The van der Waals surface area contributed by atoms with E-state index in [4.69, 9.17) is 0 Å². The lowest BCUT2D eigenvalue weighted by Gasteiger charge is -2.47. The zero-order valence-corrected chi connectivity index (χ0v) is 12.5. The second kappa shape index (κ2) is 4.33. The molecule has 0 amide bonds. The first kappa shape index (κ1) is 14.0. The molecule has 1 aliphatic heterocycles. The van der Waals surface area contributed by atoms with Gasteiger partial charge in [0.25, 0.3) is 0 Å². The molecule has 0 aliphatic carbocycles. The SMILES string of the molecule is CC(C)(C)CC1(C)CCN(C(C)(C)C)CC1. The second-order valence-electron chi connectivity index (χ2n) is 8.21. The van der Waals surface area contributed by atoms with E-state index in [1.807, 2.05) is 0 Å². The molecule has 0 aromatic carbocycles. The van der Waals surface area contributed by atoms with Gasteiger partial charge in [-0.05, 0) is 64.0 Å². The first-order chi connectivity index (χ1) is 7.02. The lowest BCUT2D eigenvalue weighted by molar-refractivity contribution is 0.0306. The van der Waals surface area contributed by atoms with Crippen molar-refractivity contribution in [3.8, 4) is 0 Å². The second-order valence-corrected chi connectivity index (χ2v) is 8.21. The number of rotatable bonds is 1. The molecule has 1 fully saturated rings. The van der Waals surface area contributed by atoms with Crippen LogP contribution in [0.25, 0.3) is 0 Å². The quantitative estimate of drug-likeness (QED) is 0.642. The molecule has 1 heterocycles. The van der Waals surface area contributed by atoms with E-state index in [2.05, 4.69) is 53.4 Å². The number of piperidine rings is 1. The van der Waals surface area contributed by atoms with Gasteiger partial charge in [-0.2, -0.15) is 0 Å². The molecule has 0 aromatic heterocycles. The van der Waals surface area contributed by atoms with Gasteiger partial charge >= 0.3 is 0 Å². The van der Waals surface area contributed by atoms with Crippen molar-refractivity contribution in [1.29, 1.82) is 0 Å². The summed E-state index contributed by atoms with van der Waals surface area (Å²) in [4.78, 5) is 2.64. The molecule has 0 aromatic rings. The highest BCUT2D eigenvalue weighted by molar-refractivity contribution is 4.89. The third-order valence-corrected chi connectivity index (χ3v) is 3.88. The Morgan fingerprint density at radius 2 is 1.38 bits per heavy atom. The molecule has 1 saturated heterocycles. The third kappa shape index (κ3) is 4.08. The summed E-state index contributed by atoms with van der Waals surface area (Å²) in [6.07, 6.45) is 4.08. The maximum absolute atomic E-state index is 2.64. The van der Waals surface area contributed by atoms with Gasteiger partial charge < -0.3 is 0 Å². The molecule has 1 nitrogen and oxygen atoms in total. The Balaban J connectivity index is 2.54. The summed E-state index contributed by atoms with van der Waals surface area (Å²) in [5.41, 5.74) is 1.39. The molecule has 0 atom stereocenters. The Morgan fingerprint density at radius 3 is 1.69 bits per heavy atom. The smallest absolute Gasteiger partial charge is 0.0125 e. The van der Waals surface area contributed by atoms with Crippen LogP contribution in [0.1, 0.15) is 67.7 Å². The molecule has 0 saturated carbocycles. The zero-order chi connectivity index (χ0) is 12.6. The minimum atomic E-state index is 0.350. The fourth-order valence-electron chi connectivity index (χ4n) is 3.17. The summed E-state index contributed by atoms with van der Waals surface area (Å²) in [6.45, 7) is 19.1. The monoisotopic (exact) mass is 225 g/mol. The number of hydrogen-bond donors (Lipinski definition) is 0. The predicted octanol–water partition coefficient (Wildman–Crippen LogP) is 4.32. The number of nitrogens with zero attached hydrogens (tertiary/aromatic N) is 1. The Kier molecular flexibility index (Phi) is 3.79. The van der Waals surface area contributed by atoms with Gasteiger partial charge in [-0.15, -0.1) is 0 Å². The minimum absolute atomic E-state index is 0.350. The largest absolute Gasteiger partial charge is 0.298 e. The van der Waals surface area contributed by atoms with Crippen LogP contribution in [0, 0.1) is 10.8 Å². The summed E-state index contributed by atoms with van der Waals surface area (Å²) in [5, 5.41) is 0. The van der Waals surface area contributed by atoms with Gasteiger partial charge in [0.05, 0.1) is 0 Å². The molecular formula is C15H31N. The fraction of sp³-hybridized carbons (Fsp3) is 1.00. The zero-order valence-electron chi connectivity index (χ0n) is 12.5. The molecule has 0 spiro atoms. The summed E-state index contributed by atoms with van der Waals surface area (Å²) < 4.78 is 0. The highest BCUT2D eigenvalue weighted by Crippen LogP contribution is 2.42. The third-order valence-electron chi connectivity index (χ3n) is 3.88. The van der Waals surface area contributed by atoms with Gasteiger partial charge in [-0.3, -0.25) is 4.90 Å². The van der Waals surface area contributed by atoms with E-state index in [0.29, 0.717) is 16.4 Å². The van der Waals surface area contributed by atoms with Gasteiger partial charge in [0.1, 0.15) is 0 Å². The average Bonchev–Trinajstić information content (AvgIpc) is 1.98. The first-order valence-corrected chi connectivity index (χ1v) is 6.77. The van der Waals surface area contributed by atoms with E-state index >= 15 is 0 Å². The van der Waals surface area contributed by atoms with Crippen molar-refractivity contribution in [3.05, 3.63) is 0 Å². The van der Waals surface area contributed by atoms with Crippen molar-refractivity contribution in [2.24, 2.45) is 10.8 Å².